The van der Waals surface area contributed by atoms with Gasteiger partial charge in [0.05, 0.1) is 5.52 Å². The quantitative estimate of drug-likeness (QED) is 0.675. The number of rotatable bonds is 4. The Kier molecular flexibility index (Phi) is 4.51. The molecule has 0 unspecified atom stereocenters. The predicted octanol–water partition coefficient (Wildman–Crippen LogP) is 1.98. The number of nitrogens with zero attached hydrogens (tertiary/aromatic N) is 1. The lowest BCUT2D eigenvalue weighted by Crippen LogP contribution is -2.25. The number of carbonyl (C=O) groups is 2. The van der Waals surface area contributed by atoms with E-state index in [2.05, 4.69) is 16.0 Å². The number of carbonyl (C=O) groups excluding carboxylic acids is 2. The Labute approximate surface area is 142 Å². The predicted molar refractivity (Wildman–Crippen MR) is 93.6 cm³/mol. The van der Waals surface area contributed by atoms with Gasteiger partial charge in [0.15, 0.2) is 5.58 Å². The molecule has 3 aromatic rings. The van der Waals surface area contributed by atoms with Gasteiger partial charge in [-0.1, -0.05) is 12.1 Å². The van der Waals surface area contributed by atoms with Gasteiger partial charge in [-0.2, -0.15) is 0 Å². The molecule has 0 bridgehead atoms. The van der Waals surface area contributed by atoms with Crippen molar-refractivity contribution in [3.63, 3.8) is 0 Å². The van der Waals surface area contributed by atoms with Crippen LogP contribution in [0.2, 0.25) is 0 Å². The molecular formula is C17H16N4O4. The molecule has 2 aromatic carbocycles. The highest BCUT2D eigenvalue weighted by Gasteiger charge is 2.12. The number of urea groups is 1. The maximum Gasteiger partial charge on any atom is 0.420 e. The standard InChI is InChI=1S/C17H16N4O4/c1-18-16(23)20-12-8-6-11(7-9-12)19-15(22)10-21-13-4-2-3-5-14(13)25-17(21)24/h2-9H,10H2,1H3,(H,19,22)(H2,18,20,23). The number of hydrogen-bond acceptors (Lipinski definition) is 4. The molecule has 0 fully saturated rings. The van der Waals surface area contributed by atoms with Gasteiger partial charge in [-0.25, -0.2) is 9.59 Å². The van der Waals surface area contributed by atoms with Crippen LogP contribution in [0.1, 0.15) is 0 Å². The lowest BCUT2D eigenvalue weighted by molar-refractivity contribution is -0.116. The lowest BCUT2D eigenvalue weighted by Gasteiger charge is -2.08. The molecule has 0 spiro atoms. The molecule has 3 rings (SSSR count). The van der Waals surface area contributed by atoms with Crippen molar-refractivity contribution in [1.82, 2.24) is 9.88 Å². The third kappa shape index (κ3) is 3.69. The molecule has 0 radical (unpaired) electrons. The summed E-state index contributed by atoms with van der Waals surface area (Å²) in [5.74, 6) is -0.942. The zero-order valence-corrected chi connectivity index (χ0v) is 13.4. The Morgan fingerprint density at radius 2 is 1.64 bits per heavy atom. The van der Waals surface area contributed by atoms with Gasteiger partial charge in [-0.05, 0) is 36.4 Å². The fraction of sp³-hybridized carbons (Fsp3) is 0.118. The largest absolute Gasteiger partial charge is 0.420 e. The number of oxazole rings is 1. The van der Waals surface area contributed by atoms with Gasteiger partial charge in [0.1, 0.15) is 6.54 Å². The van der Waals surface area contributed by atoms with Crippen LogP contribution in [0.3, 0.4) is 0 Å². The first-order chi connectivity index (χ1) is 12.1. The van der Waals surface area contributed by atoms with Gasteiger partial charge in [-0.15, -0.1) is 0 Å². The van der Waals surface area contributed by atoms with Gasteiger partial charge < -0.3 is 20.4 Å². The summed E-state index contributed by atoms with van der Waals surface area (Å²) in [5.41, 5.74) is 2.14. The molecule has 0 atom stereocenters. The Morgan fingerprint density at radius 1 is 1.00 bits per heavy atom. The average Bonchev–Trinajstić information content (AvgIpc) is 2.92. The van der Waals surface area contributed by atoms with Crippen LogP contribution in [0.25, 0.3) is 11.1 Å². The summed E-state index contributed by atoms with van der Waals surface area (Å²) in [6.07, 6.45) is 0. The van der Waals surface area contributed by atoms with E-state index < -0.39 is 5.76 Å². The third-order valence-electron chi connectivity index (χ3n) is 3.53. The monoisotopic (exact) mass is 340 g/mol. The van der Waals surface area contributed by atoms with E-state index in [0.717, 1.165) is 0 Å². The van der Waals surface area contributed by atoms with Crippen LogP contribution in [-0.4, -0.2) is 23.6 Å². The average molecular weight is 340 g/mol. The van der Waals surface area contributed by atoms with Crippen LogP contribution in [0.15, 0.2) is 57.7 Å². The van der Waals surface area contributed by atoms with Crippen LogP contribution in [0.4, 0.5) is 16.2 Å². The molecule has 25 heavy (non-hydrogen) atoms. The smallest absolute Gasteiger partial charge is 0.408 e. The Balaban J connectivity index is 1.69. The summed E-state index contributed by atoms with van der Waals surface area (Å²) in [6.45, 7) is -0.159. The number of benzene rings is 2. The molecule has 1 aromatic heterocycles. The van der Waals surface area contributed by atoms with Gasteiger partial charge in [0.2, 0.25) is 5.91 Å². The van der Waals surface area contributed by atoms with E-state index >= 15 is 0 Å². The molecule has 3 amide bonds. The molecule has 0 aliphatic carbocycles. The van der Waals surface area contributed by atoms with Crippen LogP contribution >= 0.6 is 0 Å². The molecule has 3 N–H and O–H groups in total. The summed E-state index contributed by atoms with van der Waals surface area (Å²) >= 11 is 0. The Hall–Kier alpha value is -3.55. The number of anilines is 2. The first kappa shape index (κ1) is 16.3. The Bertz CT molecular complexity index is 972. The van der Waals surface area contributed by atoms with E-state index in [4.69, 9.17) is 4.42 Å². The minimum absolute atomic E-state index is 0.159. The maximum absolute atomic E-state index is 12.2. The summed E-state index contributed by atoms with van der Waals surface area (Å²) in [7, 11) is 1.52. The second-order valence-electron chi connectivity index (χ2n) is 5.25. The van der Waals surface area contributed by atoms with E-state index in [9.17, 15) is 14.4 Å². The zero-order valence-electron chi connectivity index (χ0n) is 13.4. The molecule has 0 saturated carbocycles. The molecule has 8 nitrogen and oxygen atoms in total. The van der Waals surface area contributed by atoms with Gasteiger partial charge in [-0.3, -0.25) is 9.36 Å². The minimum atomic E-state index is -0.582. The second kappa shape index (κ2) is 6.91. The Morgan fingerprint density at radius 3 is 2.32 bits per heavy atom. The number of fused-ring (bicyclic) bond motifs is 1. The summed E-state index contributed by atoms with van der Waals surface area (Å²) in [6, 6.07) is 13.2. The van der Waals surface area contributed by atoms with Gasteiger partial charge in [0, 0.05) is 18.4 Å². The number of para-hydroxylation sites is 2. The van der Waals surface area contributed by atoms with Crippen molar-refractivity contribution in [2.24, 2.45) is 0 Å². The van der Waals surface area contributed by atoms with Crippen LogP contribution < -0.4 is 21.7 Å². The summed E-state index contributed by atoms with van der Waals surface area (Å²) < 4.78 is 6.36. The molecule has 8 heteroatoms. The van der Waals surface area contributed by atoms with E-state index in [0.29, 0.717) is 22.5 Å². The van der Waals surface area contributed by atoms with Crippen LogP contribution in [0.5, 0.6) is 0 Å². The number of amides is 3. The highest BCUT2D eigenvalue weighted by atomic mass is 16.4. The van der Waals surface area contributed by atoms with Gasteiger partial charge in [0.25, 0.3) is 0 Å². The fourth-order valence-electron chi connectivity index (χ4n) is 2.34. The minimum Gasteiger partial charge on any atom is -0.408 e. The first-order valence-corrected chi connectivity index (χ1v) is 7.54. The topological polar surface area (TPSA) is 105 Å². The van der Waals surface area contributed by atoms with Crippen molar-refractivity contribution < 1.29 is 14.0 Å². The summed E-state index contributed by atoms with van der Waals surface area (Å²) in [5, 5.41) is 7.76. The molecule has 0 aliphatic heterocycles. The van der Waals surface area contributed by atoms with E-state index in [1.54, 1.807) is 48.5 Å². The maximum atomic E-state index is 12.2. The van der Waals surface area contributed by atoms with Crippen molar-refractivity contribution in [3.8, 4) is 0 Å². The second-order valence-corrected chi connectivity index (χ2v) is 5.25. The van der Waals surface area contributed by atoms with E-state index in [-0.39, 0.29) is 18.5 Å². The van der Waals surface area contributed by atoms with Crippen molar-refractivity contribution in [3.05, 3.63) is 59.1 Å². The first-order valence-electron chi connectivity index (χ1n) is 7.54. The van der Waals surface area contributed by atoms with Crippen molar-refractivity contribution in [2.75, 3.05) is 17.7 Å². The third-order valence-corrected chi connectivity index (χ3v) is 3.53. The fourth-order valence-corrected chi connectivity index (χ4v) is 2.34. The SMILES string of the molecule is CNC(=O)Nc1ccc(NC(=O)Cn2c(=O)oc3ccccc32)cc1. The number of hydrogen-bond donors (Lipinski definition) is 3. The highest BCUT2D eigenvalue weighted by molar-refractivity contribution is 5.92. The summed E-state index contributed by atoms with van der Waals surface area (Å²) in [4.78, 5) is 35.3. The van der Waals surface area contributed by atoms with Crippen LogP contribution in [0, 0.1) is 0 Å². The van der Waals surface area contributed by atoms with Crippen molar-refractivity contribution in [1.29, 1.82) is 0 Å². The van der Waals surface area contributed by atoms with Crippen molar-refractivity contribution >= 4 is 34.4 Å². The normalized spacial score (nSPS) is 10.4. The van der Waals surface area contributed by atoms with E-state index in [1.165, 1.54) is 11.6 Å². The molecule has 0 saturated heterocycles. The molecule has 128 valence electrons. The van der Waals surface area contributed by atoms with Crippen molar-refractivity contribution in [2.45, 2.75) is 6.54 Å². The van der Waals surface area contributed by atoms with Crippen LogP contribution in [-0.2, 0) is 11.3 Å². The van der Waals surface area contributed by atoms with E-state index in [1.807, 2.05) is 0 Å². The molecular weight excluding hydrogens is 324 g/mol. The molecule has 0 aliphatic rings. The zero-order chi connectivity index (χ0) is 17.8. The molecule has 1 heterocycles. The highest BCUT2D eigenvalue weighted by Crippen LogP contribution is 2.15. The number of aromatic nitrogens is 1. The van der Waals surface area contributed by atoms with Gasteiger partial charge >= 0.3 is 11.8 Å². The number of nitrogens with one attached hydrogen (secondary N) is 3. The lowest BCUT2D eigenvalue weighted by atomic mass is 10.2.